The minimum Gasteiger partial charge on any atom is -0.492 e. The zero-order chi connectivity index (χ0) is 17.5. The van der Waals surface area contributed by atoms with Gasteiger partial charge in [-0.15, -0.1) is 0 Å². The minimum atomic E-state index is -0.265. The molecule has 25 heavy (non-hydrogen) atoms. The third-order valence-electron chi connectivity index (χ3n) is 3.59. The lowest BCUT2D eigenvalue weighted by atomic mass is 10.2. The van der Waals surface area contributed by atoms with Crippen LogP contribution < -0.4 is 15.4 Å². The average Bonchev–Trinajstić information content (AvgIpc) is 3.07. The quantitative estimate of drug-likeness (QED) is 0.675. The molecule has 126 valence electrons. The van der Waals surface area contributed by atoms with Gasteiger partial charge in [-0.25, -0.2) is 9.31 Å². The highest BCUT2D eigenvalue weighted by Crippen LogP contribution is 2.11. The van der Waals surface area contributed by atoms with Crippen molar-refractivity contribution in [2.24, 2.45) is 0 Å². The molecule has 3 aromatic rings. The normalized spacial score (nSPS) is 10.2. The zero-order valence-electron chi connectivity index (χ0n) is 13.5. The Morgan fingerprint density at radius 1 is 1.20 bits per heavy atom. The maximum Gasteiger partial charge on any atom is 0.315 e. The van der Waals surface area contributed by atoms with E-state index in [1.807, 2.05) is 30.5 Å². The van der Waals surface area contributed by atoms with E-state index in [4.69, 9.17) is 10.00 Å². The second-order valence-electron chi connectivity index (χ2n) is 5.29. The summed E-state index contributed by atoms with van der Waals surface area (Å²) in [5.74, 6) is 0.660. The van der Waals surface area contributed by atoms with E-state index in [-0.39, 0.29) is 6.03 Å². The Labute approximate surface area is 144 Å². The number of aromatic nitrogens is 2. The van der Waals surface area contributed by atoms with Crippen LogP contribution >= 0.6 is 0 Å². The molecule has 0 unspecified atom stereocenters. The molecule has 0 bridgehead atoms. The first-order valence-corrected chi connectivity index (χ1v) is 7.82. The molecule has 3 rings (SSSR count). The maximum absolute atomic E-state index is 11.8. The van der Waals surface area contributed by atoms with Gasteiger partial charge in [0.1, 0.15) is 12.4 Å². The predicted molar refractivity (Wildman–Crippen MR) is 92.1 cm³/mol. The van der Waals surface area contributed by atoms with Crippen LogP contribution in [0.5, 0.6) is 5.75 Å². The van der Waals surface area contributed by atoms with Gasteiger partial charge in [0.15, 0.2) is 0 Å². The Morgan fingerprint density at radius 2 is 2.04 bits per heavy atom. The number of urea groups is 1. The predicted octanol–water partition coefficient (Wildman–Crippen LogP) is 2.08. The van der Waals surface area contributed by atoms with E-state index in [1.165, 1.54) is 0 Å². The fourth-order valence-electron chi connectivity index (χ4n) is 2.32. The van der Waals surface area contributed by atoms with Gasteiger partial charge in [0.2, 0.25) is 0 Å². The van der Waals surface area contributed by atoms with Crippen LogP contribution in [0.2, 0.25) is 0 Å². The number of carbonyl (C=O) groups is 1. The smallest absolute Gasteiger partial charge is 0.315 e. The third-order valence-corrected chi connectivity index (χ3v) is 3.59. The Balaban J connectivity index is 1.39. The molecule has 2 heterocycles. The van der Waals surface area contributed by atoms with Crippen LogP contribution in [-0.4, -0.2) is 28.8 Å². The van der Waals surface area contributed by atoms with E-state index >= 15 is 0 Å². The molecule has 0 saturated heterocycles. The summed E-state index contributed by atoms with van der Waals surface area (Å²) >= 11 is 0. The highest BCUT2D eigenvalue weighted by molar-refractivity contribution is 5.74. The van der Waals surface area contributed by atoms with Crippen molar-refractivity contribution in [3.8, 4) is 11.8 Å². The summed E-state index contributed by atoms with van der Waals surface area (Å²) in [6.45, 7) is 1.12. The molecule has 0 radical (unpaired) electrons. The first-order chi connectivity index (χ1) is 12.3. The number of nitrogens with one attached hydrogen (secondary N) is 2. The Hall–Kier alpha value is -3.53. The molecule has 0 aliphatic carbocycles. The molecule has 0 aliphatic rings. The average molecular weight is 335 g/mol. The van der Waals surface area contributed by atoms with Crippen molar-refractivity contribution >= 4 is 11.5 Å². The van der Waals surface area contributed by atoms with E-state index in [0.717, 1.165) is 11.1 Å². The third kappa shape index (κ3) is 4.26. The molecule has 2 N–H and O–H groups in total. The number of pyridine rings is 1. The number of rotatable bonds is 6. The molecule has 0 atom stereocenters. The highest BCUT2D eigenvalue weighted by atomic mass is 16.5. The van der Waals surface area contributed by atoms with Crippen LogP contribution in [0.1, 0.15) is 11.1 Å². The molecule has 1 aromatic carbocycles. The topological polar surface area (TPSA) is 91.4 Å². The first-order valence-electron chi connectivity index (χ1n) is 7.82. The number of nitrogens with zero attached hydrogens (tertiary/aromatic N) is 3. The molecule has 2 aromatic heterocycles. The second-order valence-corrected chi connectivity index (χ2v) is 5.29. The standard InChI is InChI=1S/C18H17N5O2/c19-11-14-4-6-16(7-5-14)25-10-8-20-18(24)21-12-15-13-22-23-9-2-1-3-17(15)23/h1-7,9,13H,8,10,12H2,(H2,20,21,24). The Bertz CT molecular complexity index is 896. The fraction of sp³-hybridized carbons (Fsp3) is 0.167. The number of carbonyl (C=O) groups excluding carboxylic acids is 1. The van der Waals surface area contributed by atoms with Gasteiger partial charge >= 0.3 is 6.03 Å². The minimum absolute atomic E-state index is 0.265. The van der Waals surface area contributed by atoms with Crippen molar-refractivity contribution in [3.63, 3.8) is 0 Å². The number of hydrogen-bond donors (Lipinski definition) is 2. The van der Waals surface area contributed by atoms with E-state index in [0.29, 0.717) is 31.0 Å². The lowest BCUT2D eigenvalue weighted by Gasteiger charge is -2.09. The number of amides is 2. The van der Waals surface area contributed by atoms with Crippen molar-refractivity contribution in [2.75, 3.05) is 13.2 Å². The Kier molecular flexibility index (Phi) is 5.12. The molecule has 0 saturated carbocycles. The first kappa shape index (κ1) is 16.3. The lowest BCUT2D eigenvalue weighted by molar-refractivity contribution is 0.236. The molecular formula is C18H17N5O2. The van der Waals surface area contributed by atoms with Crippen LogP contribution in [0.25, 0.3) is 5.52 Å². The highest BCUT2D eigenvalue weighted by Gasteiger charge is 2.05. The summed E-state index contributed by atoms with van der Waals surface area (Å²) in [6.07, 6.45) is 3.60. The van der Waals surface area contributed by atoms with Gasteiger partial charge in [-0.2, -0.15) is 10.4 Å². The van der Waals surface area contributed by atoms with Gasteiger partial charge in [0, 0.05) is 18.3 Å². The SMILES string of the molecule is N#Cc1ccc(OCCNC(=O)NCc2cnn3ccccc23)cc1. The van der Waals surface area contributed by atoms with Crippen LogP contribution in [0, 0.1) is 11.3 Å². The van der Waals surface area contributed by atoms with Gasteiger partial charge in [-0.1, -0.05) is 6.07 Å². The summed E-state index contributed by atoms with van der Waals surface area (Å²) < 4.78 is 7.26. The zero-order valence-corrected chi connectivity index (χ0v) is 13.5. The van der Waals surface area contributed by atoms with Gasteiger partial charge < -0.3 is 15.4 Å². The molecule has 0 fully saturated rings. The molecule has 7 nitrogen and oxygen atoms in total. The van der Waals surface area contributed by atoms with Crippen LogP contribution in [0.3, 0.4) is 0 Å². The van der Waals surface area contributed by atoms with E-state index in [9.17, 15) is 4.79 Å². The summed E-state index contributed by atoms with van der Waals surface area (Å²) in [4.78, 5) is 11.8. The molecule has 0 spiro atoms. The lowest BCUT2D eigenvalue weighted by Crippen LogP contribution is -2.37. The van der Waals surface area contributed by atoms with Gasteiger partial charge in [-0.3, -0.25) is 0 Å². The molecule has 7 heteroatoms. The van der Waals surface area contributed by atoms with Crippen molar-refractivity contribution in [1.29, 1.82) is 5.26 Å². The van der Waals surface area contributed by atoms with Crippen LogP contribution in [0.4, 0.5) is 4.79 Å². The van der Waals surface area contributed by atoms with Crippen molar-refractivity contribution < 1.29 is 9.53 Å². The van der Waals surface area contributed by atoms with Crippen LogP contribution in [-0.2, 0) is 6.54 Å². The summed E-state index contributed by atoms with van der Waals surface area (Å²) in [5, 5.41) is 18.5. The second kappa shape index (κ2) is 7.84. The molecular weight excluding hydrogens is 318 g/mol. The largest absolute Gasteiger partial charge is 0.492 e. The van der Waals surface area contributed by atoms with Crippen molar-refractivity contribution in [3.05, 3.63) is 66.0 Å². The van der Waals surface area contributed by atoms with Crippen molar-refractivity contribution in [1.82, 2.24) is 20.2 Å². The monoisotopic (exact) mass is 335 g/mol. The number of ether oxygens (including phenoxy) is 1. The number of benzene rings is 1. The Morgan fingerprint density at radius 3 is 2.84 bits per heavy atom. The van der Waals surface area contributed by atoms with Crippen LogP contribution in [0.15, 0.2) is 54.9 Å². The summed E-state index contributed by atoms with van der Waals surface area (Å²) in [6, 6.07) is 14.4. The van der Waals surface area contributed by atoms with E-state index < -0.39 is 0 Å². The van der Waals surface area contributed by atoms with Gasteiger partial charge in [0.25, 0.3) is 0 Å². The number of nitriles is 1. The fourth-order valence-corrected chi connectivity index (χ4v) is 2.32. The van der Waals surface area contributed by atoms with Crippen molar-refractivity contribution in [2.45, 2.75) is 6.54 Å². The van der Waals surface area contributed by atoms with E-state index in [2.05, 4.69) is 15.7 Å². The van der Waals surface area contributed by atoms with E-state index in [1.54, 1.807) is 35.0 Å². The summed E-state index contributed by atoms with van der Waals surface area (Å²) in [5.41, 5.74) is 2.49. The maximum atomic E-state index is 11.8. The summed E-state index contributed by atoms with van der Waals surface area (Å²) in [7, 11) is 0. The number of fused-ring (bicyclic) bond motifs is 1. The number of hydrogen-bond acceptors (Lipinski definition) is 4. The van der Waals surface area contributed by atoms with Gasteiger partial charge in [0.05, 0.1) is 29.9 Å². The van der Waals surface area contributed by atoms with Gasteiger partial charge in [-0.05, 0) is 36.4 Å². The molecule has 2 amide bonds. The molecule has 0 aliphatic heterocycles.